The molecule has 6 nitrogen and oxygen atoms in total. The number of hydrogen-bond donors (Lipinski definition) is 1. The van der Waals surface area contributed by atoms with Gasteiger partial charge in [-0.05, 0) is 44.2 Å². The van der Waals surface area contributed by atoms with E-state index in [0.717, 1.165) is 6.07 Å². The fourth-order valence-electron chi connectivity index (χ4n) is 3.01. The SMILES string of the molecule is CCOC(=O)c1ccc2ncc(C(=O)OCC)c(Nc3ccccc3C(F)(F)F)c2c1. The summed E-state index contributed by atoms with van der Waals surface area (Å²) in [5, 5.41) is 2.99. The normalized spacial score (nSPS) is 11.3. The van der Waals surface area contributed by atoms with Crippen LogP contribution in [0, 0.1) is 0 Å². The van der Waals surface area contributed by atoms with E-state index in [2.05, 4.69) is 10.3 Å². The van der Waals surface area contributed by atoms with Crippen molar-refractivity contribution in [3.05, 3.63) is 65.4 Å². The number of ether oxygens (including phenoxy) is 2. The molecule has 3 rings (SSSR count). The maximum absolute atomic E-state index is 13.5. The van der Waals surface area contributed by atoms with Crippen LogP contribution in [-0.2, 0) is 15.7 Å². The summed E-state index contributed by atoms with van der Waals surface area (Å²) >= 11 is 0. The van der Waals surface area contributed by atoms with E-state index >= 15 is 0 Å². The van der Waals surface area contributed by atoms with Crippen LogP contribution in [0.3, 0.4) is 0 Å². The number of anilines is 2. The number of alkyl halides is 3. The third-order valence-corrected chi connectivity index (χ3v) is 4.37. The number of benzene rings is 2. The molecular weight excluding hydrogens is 413 g/mol. The predicted molar refractivity (Wildman–Crippen MR) is 108 cm³/mol. The standard InChI is InChI=1S/C22H19F3N2O4/c1-3-30-20(28)13-9-10-17-14(11-13)19(15(12-26-17)21(29)31-4-2)27-18-8-6-5-7-16(18)22(23,24)25/h5-12H,3-4H2,1-2H3,(H,26,27). The summed E-state index contributed by atoms with van der Waals surface area (Å²) in [6.45, 7) is 3.48. The fraction of sp³-hybridized carbons (Fsp3) is 0.227. The molecule has 0 unspecified atom stereocenters. The summed E-state index contributed by atoms with van der Waals surface area (Å²) in [6, 6.07) is 9.32. The Bertz CT molecular complexity index is 1120. The van der Waals surface area contributed by atoms with Gasteiger partial charge in [0, 0.05) is 11.6 Å². The quantitative estimate of drug-likeness (QED) is 0.529. The van der Waals surface area contributed by atoms with E-state index in [1.165, 1.54) is 42.6 Å². The molecule has 0 aliphatic heterocycles. The molecule has 2 aromatic carbocycles. The molecule has 1 N–H and O–H groups in total. The first-order valence-electron chi connectivity index (χ1n) is 9.46. The Balaban J connectivity index is 2.23. The molecule has 0 saturated heterocycles. The molecule has 0 atom stereocenters. The number of carbonyl (C=O) groups excluding carboxylic acids is 2. The predicted octanol–water partition coefficient (Wildman–Crippen LogP) is 5.35. The average Bonchev–Trinajstić information content (AvgIpc) is 2.73. The van der Waals surface area contributed by atoms with Crippen molar-refractivity contribution in [1.82, 2.24) is 4.98 Å². The van der Waals surface area contributed by atoms with Crippen LogP contribution in [-0.4, -0.2) is 30.1 Å². The molecule has 0 fully saturated rings. The van der Waals surface area contributed by atoms with Crippen LogP contribution in [0.15, 0.2) is 48.7 Å². The number of hydrogen-bond acceptors (Lipinski definition) is 6. The Labute approximate surface area is 176 Å². The number of rotatable bonds is 6. The molecule has 0 aliphatic rings. The molecule has 1 aromatic heterocycles. The second-order valence-electron chi connectivity index (χ2n) is 6.39. The van der Waals surface area contributed by atoms with Gasteiger partial charge in [0.25, 0.3) is 0 Å². The highest BCUT2D eigenvalue weighted by atomic mass is 19.4. The van der Waals surface area contributed by atoms with Crippen molar-refractivity contribution in [2.45, 2.75) is 20.0 Å². The van der Waals surface area contributed by atoms with E-state index in [9.17, 15) is 22.8 Å². The monoisotopic (exact) mass is 432 g/mol. The lowest BCUT2D eigenvalue weighted by Crippen LogP contribution is -2.12. The molecule has 31 heavy (non-hydrogen) atoms. The summed E-state index contributed by atoms with van der Waals surface area (Å²) in [5.74, 6) is -1.36. The molecule has 162 valence electrons. The van der Waals surface area contributed by atoms with Crippen LogP contribution in [0.2, 0.25) is 0 Å². The second-order valence-corrected chi connectivity index (χ2v) is 6.39. The Morgan fingerprint density at radius 1 is 1.00 bits per heavy atom. The molecule has 0 spiro atoms. The van der Waals surface area contributed by atoms with Gasteiger partial charge >= 0.3 is 18.1 Å². The van der Waals surface area contributed by atoms with Gasteiger partial charge in [-0.15, -0.1) is 0 Å². The third kappa shape index (κ3) is 4.76. The maximum atomic E-state index is 13.5. The molecular formula is C22H19F3N2O4. The number of aromatic nitrogens is 1. The van der Waals surface area contributed by atoms with Gasteiger partial charge in [0.05, 0.1) is 41.2 Å². The molecule has 0 radical (unpaired) electrons. The molecule has 9 heteroatoms. The van der Waals surface area contributed by atoms with Gasteiger partial charge in [-0.2, -0.15) is 13.2 Å². The Morgan fingerprint density at radius 3 is 2.35 bits per heavy atom. The van der Waals surface area contributed by atoms with Crippen LogP contribution >= 0.6 is 0 Å². The van der Waals surface area contributed by atoms with Gasteiger partial charge in [0.15, 0.2) is 0 Å². The van der Waals surface area contributed by atoms with Crippen molar-refractivity contribution in [3.8, 4) is 0 Å². The summed E-state index contributed by atoms with van der Waals surface area (Å²) in [6.07, 6.45) is -3.39. The van der Waals surface area contributed by atoms with E-state index < -0.39 is 23.7 Å². The molecule has 0 aliphatic carbocycles. The van der Waals surface area contributed by atoms with Crippen LogP contribution < -0.4 is 5.32 Å². The minimum Gasteiger partial charge on any atom is -0.462 e. The first kappa shape index (κ1) is 22.1. The minimum absolute atomic E-state index is 0.0475. The number of nitrogens with one attached hydrogen (secondary N) is 1. The molecule has 0 amide bonds. The number of pyridine rings is 1. The zero-order valence-electron chi connectivity index (χ0n) is 16.7. The van der Waals surface area contributed by atoms with Crippen LogP contribution in [0.4, 0.5) is 24.5 Å². The van der Waals surface area contributed by atoms with E-state index in [0.29, 0.717) is 5.52 Å². The minimum atomic E-state index is -4.62. The molecule has 1 heterocycles. The Morgan fingerprint density at radius 2 is 1.68 bits per heavy atom. The van der Waals surface area contributed by atoms with E-state index in [1.54, 1.807) is 13.8 Å². The summed E-state index contributed by atoms with van der Waals surface area (Å²) in [5.41, 5.74) is -0.637. The molecule has 0 bridgehead atoms. The first-order chi connectivity index (χ1) is 14.8. The highest BCUT2D eigenvalue weighted by Crippen LogP contribution is 2.38. The summed E-state index contributed by atoms with van der Waals surface area (Å²) in [4.78, 5) is 28.8. The van der Waals surface area contributed by atoms with Crippen molar-refractivity contribution >= 4 is 34.2 Å². The van der Waals surface area contributed by atoms with Crippen molar-refractivity contribution in [1.29, 1.82) is 0 Å². The van der Waals surface area contributed by atoms with E-state index in [1.807, 2.05) is 0 Å². The third-order valence-electron chi connectivity index (χ3n) is 4.37. The van der Waals surface area contributed by atoms with Gasteiger partial charge in [-0.25, -0.2) is 9.59 Å². The molecule has 0 saturated carbocycles. The number of carbonyl (C=O) groups is 2. The zero-order valence-corrected chi connectivity index (χ0v) is 16.7. The van der Waals surface area contributed by atoms with E-state index in [4.69, 9.17) is 9.47 Å². The number of nitrogens with zero attached hydrogens (tertiary/aromatic N) is 1. The second kappa shape index (κ2) is 9.03. The smallest absolute Gasteiger partial charge is 0.418 e. The maximum Gasteiger partial charge on any atom is 0.418 e. The lowest BCUT2D eigenvalue weighted by Gasteiger charge is -2.18. The average molecular weight is 432 g/mol. The highest BCUT2D eigenvalue weighted by molar-refractivity contribution is 6.07. The van der Waals surface area contributed by atoms with Crippen LogP contribution in [0.5, 0.6) is 0 Å². The van der Waals surface area contributed by atoms with Crippen molar-refractivity contribution in [2.75, 3.05) is 18.5 Å². The first-order valence-corrected chi connectivity index (χ1v) is 9.46. The highest BCUT2D eigenvalue weighted by Gasteiger charge is 2.33. The van der Waals surface area contributed by atoms with Gasteiger partial charge in [-0.3, -0.25) is 4.98 Å². The van der Waals surface area contributed by atoms with Gasteiger partial charge < -0.3 is 14.8 Å². The fourth-order valence-corrected chi connectivity index (χ4v) is 3.01. The van der Waals surface area contributed by atoms with Gasteiger partial charge in [-0.1, -0.05) is 12.1 Å². The summed E-state index contributed by atoms with van der Waals surface area (Å²) in [7, 11) is 0. The number of halogens is 3. The number of para-hydroxylation sites is 1. The lowest BCUT2D eigenvalue weighted by molar-refractivity contribution is -0.136. The van der Waals surface area contributed by atoms with Crippen LogP contribution in [0.1, 0.15) is 40.1 Å². The number of fused-ring (bicyclic) bond motifs is 1. The van der Waals surface area contributed by atoms with Crippen molar-refractivity contribution < 1.29 is 32.2 Å². The van der Waals surface area contributed by atoms with E-state index in [-0.39, 0.29) is 41.1 Å². The van der Waals surface area contributed by atoms with Gasteiger partial charge in [0.1, 0.15) is 5.56 Å². The largest absolute Gasteiger partial charge is 0.462 e. The Hall–Kier alpha value is -3.62. The Kier molecular flexibility index (Phi) is 6.43. The zero-order chi connectivity index (χ0) is 22.6. The number of esters is 2. The van der Waals surface area contributed by atoms with Crippen molar-refractivity contribution in [2.24, 2.45) is 0 Å². The summed E-state index contributed by atoms with van der Waals surface area (Å²) < 4.78 is 50.5. The van der Waals surface area contributed by atoms with Crippen molar-refractivity contribution in [3.63, 3.8) is 0 Å². The van der Waals surface area contributed by atoms with Gasteiger partial charge in [0.2, 0.25) is 0 Å². The molecule has 3 aromatic rings. The lowest BCUT2D eigenvalue weighted by atomic mass is 10.0. The topological polar surface area (TPSA) is 77.5 Å². The van der Waals surface area contributed by atoms with Crippen LogP contribution in [0.25, 0.3) is 10.9 Å².